The smallest absolute Gasteiger partial charge is 0.309 e. The maximum Gasteiger partial charge on any atom is 0.309 e. The summed E-state index contributed by atoms with van der Waals surface area (Å²) in [6, 6.07) is 0. The van der Waals surface area contributed by atoms with E-state index >= 15 is 0 Å². The Morgan fingerprint density at radius 3 is 2.06 bits per heavy atom. The summed E-state index contributed by atoms with van der Waals surface area (Å²) in [6.45, 7) is 5.95. The number of rotatable bonds is 10. The molecule has 0 radical (unpaired) electrons. The van der Waals surface area contributed by atoms with E-state index in [0.717, 1.165) is 12.8 Å². The number of carboxylic acid groups (broad SMARTS) is 2. The fourth-order valence-electron chi connectivity index (χ4n) is 2.30. The van der Waals surface area contributed by atoms with E-state index in [1.54, 1.807) is 6.92 Å². The Morgan fingerprint density at radius 1 is 1.11 bits per heavy atom. The summed E-state index contributed by atoms with van der Waals surface area (Å²) in [5, 5.41) is 17.9. The summed E-state index contributed by atoms with van der Waals surface area (Å²) in [6.07, 6.45) is 4.58. The van der Waals surface area contributed by atoms with Crippen LogP contribution in [0.4, 0.5) is 0 Å². The summed E-state index contributed by atoms with van der Waals surface area (Å²) in [5.41, 5.74) is -0.713. The summed E-state index contributed by atoms with van der Waals surface area (Å²) >= 11 is 0. The lowest BCUT2D eigenvalue weighted by Gasteiger charge is -2.28. The number of carboxylic acids is 2. The van der Waals surface area contributed by atoms with Gasteiger partial charge in [-0.25, -0.2) is 0 Å². The van der Waals surface area contributed by atoms with Crippen molar-refractivity contribution in [1.29, 1.82) is 0 Å². The zero-order valence-corrected chi connectivity index (χ0v) is 11.7. The van der Waals surface area contributed by atoms with Gasteiger partial charge in [-0.05, 0) is 32.1 Å². The molecule has 0 spiro atoms. The first-order valence-corrected chi connectivity index (χ1v) is 6.81. The molecule has 0 aromatic rings. The third-order valence-corrected chi connectivity index (χ3v) is 3.78. The van der Waals surface area contributed by atoms with Gasteiger partial charge in [0.1, 0.15) is 0 Å². The molecule has 0 amide bonds. The lowest BCUT2D eigenvalue weighted by molar-refractivity contribution is -0.149. The molecule has 2 N–H and O–H groups in total. The zero-order valence-electron chi connectivity index (χ0n) is 11.7. The summed E-state index contributed by atoms with van der Waals surface area (Å²) in [5.74, 6) is -1.14. The van der Waals surface area contributed by atoms with Gasteiger partial charge in [-0.3, -0.25) is 9.59 Å². The Hall–Kier alpha value is -1.06. The molecule has 0 aromatic carbocycles. The van der Waals surface area contributed by atoms with Crippen molar-refractivity contribution in [2.75, 3.05) is 0 Å². The van der Waals surface area contributed by atoms with Crippen LogP contribution in [-0.4, -0.2) is 22.2 Å². The van der Waals surface area contributed by atoms with E-state index in [9.17, 15) is 14.7 Å². The van der Waals surface area contributed by atoms with Gasteiger partial charge in [0.05, 0.1) is 5.41 Å². The van der Waals surface area contributed by atoms with E-state index in [0.29, 0.717) is 31.6 Å². The molecule has 0 saturated carbocycles. The second-order valence-corrected chi connectivity index (χ2v) is 5.35. The van der Waals surface area contributed by atoms with Crippen LogP contribution < -0.4 is 0 Å². The molecule has 0 aliphatic carbocycles. The quantitative estimate of drug-likeness (QED) is 0.588. The van der Waals surface area contributed by atoms with Crippen molar-refractivity contribution in [2.45, 2.75) is 65.7 Å². The molecule has 0 heterocycles. The first-order chi connectivity index (χ1) is 8.35. The van der Waals surface area contributed by atoms with Crippen molar-refractivity contribution < 1.29 is 19.8 Å². The van der Waals surface area contributed by atoms with Gasteiger partial charge in [-0.15, -0.1) is 0 Å². The molecular weight excluding hydrogens is 232 g/mol. The van der Waals surface area contributed by atoms with E-state index in [1.165, 1.54) is 0 Å². The van der Waals surface area contributed by atoms with Gasteiger partial charge in [0, 0.05) is 6.42 Å². The number of carbonyl (C=O) groups is 2. The van der Waals surface area contributed by atoms with E-state index in [-0.39, 0.29) is 6.42 Å². The largest absolute Gasteiger partial charge is 0.481 e. The number of aliphatic carboxylic acids is 2. The van der Waals surface area contributed by atoms with E-state index < -0.39 is 17.4 Å². The third-order valence-electron chi connectivity index (χ3n) is 3.78. The minimum absolute atomic E-state index is 0.126. The maximum absolute atomic E-state index is 11.4. The van der Waals surface area contributed by atoms with Crippen LogP contribution in [0.2, 0.25) is 0 Å². The molecule has 1 atom stereocenters. The minimum Gasteiger partial charge on any atom is -0.481 e. The molecule has 106 valence electrons. The van der Waals surface area contributed by atoms with Gasteiger partial charge in [0.2, 0.25) is 0 Å². The predicted octanol–water partition coefficient (Wildman–Crippen LogP) is 3.55. The number of hydrogen-bond donors (Lipinski definition) is 2. The van der Waals surface area contributed by atoms with E-state index in [1.807, 2.05) is 0 Å². The monoisotopic (exact) mass is 258 g/mol. The average Bonchev–Trinajstić information content (AvgIpc) is 2.31. The van der Waals surface area contributed by atoms with Crippen LogP contribution in [0.25, 0.3) is 0 Å². The van der Waals surface area contributed by atoms with Gasteiger partial charge < -0.3 is 10.2 Å². The van der Waals surface area contributed by atoms with Crippen LogP contribution in [0.5, 0.6) is 0 Å². The number of hydrogen-bond acceptors (Lipinski definition) is 2. The van der Waals surface area contributed by atoms with Crippen molar-refractivity contribution in [3.05, 3.63) is 0 Å². The standard InChI is InChI=1S/C14H26O4/c1-4-11(5-2)10-14(3,13(17)18)9-7-6-8-12(15)16/h11H,4-10H2,1-3H3,(H,15,16)(H,17,18). The van der Waals surface area contributed by atoms with Crippen LogP contribution >= 0.6 is 0 Å². The molecule has 4 nitrogen and oxygen atoms in total. The van der Waals surface area contributed by atoms with E-state index in [4.69, 9.17) is 5.11 Å². The number of unbranched alkanes of at least 4 members (excludes halogenated alkanes) is 1. The highest BCUT2D eigenvalue weighted by molar-refractivity contribution is 5.74. The van der Waals surface area contributed by atoms with Crippen LogP contribution in [-0.2, 0) is 9.59 Å². The van der Waals surface area contributed by atoms with Gasteiger partial charge in [-0.1, -0.05) is 33.1 Å². The Kier molecular flexibility index (Phi) is 7.64. The van der Waals surface area contributed by atoms with Crippen molar-refractivity contribution in [3.63, 3.8) is 0 Å². The Balaban J connectivity index is 4.34. The topological polar surface area (TPSA) is 74.6 Å². The zero-order chi connectivity index (χ0) is 14.2. The highest BCUT2D eigenvalue weighted by Crippen LogP contribution is 2.34. The molecule has 0 aliphatic rings. The SMILES string of the molecule is CCC(CC)CC(C)(CCCCC(=O)O)C(=O)O. The van der Waals surface area contributed by atoms with Crippen molar-refractivity contribution in [2.24, 2.45) is 11.3 Å². The van der Waals surface area contributed by atoms with Crippen LogP contribution in [0, 0.1) is 11.3 Å². The normalized spacial score (nSPS) is 14.4. The second kappa shape index (κ2) is 8.11. The van der Waals surface area contributed by atoms with Gasteiger partial charge in [0.25, 0.3) is 0 Å². The third kappa shape index (κ3) is 6.03. The Bertz CT molecular complexity index is 271. The van der Waals surface area contributed by atoms with Crippen LogP contribution in [0.15, 0.2) is 0 Å². The van der Waals surface area contributed by atoms with Crippen molar-refractivity contribution in [1.82, 2.24) is 0 Å². The fraction of sp³-hybridized carbons (Fsp3) is 0.857. The lowest BCUT2D eigenvalue weighted by atomic mass is 9.75. The lowest BCUT2D eigenvalue weighted by Crippen LogP contribution is -2.30. The van der Waals surface area contributed by atoms with E-state index in [2.05, 4.69) is 13.8 Å². The molecule has 0 rings (SSSR count). The summed E-state index contributed by atoms with van der Waals surface area (Å²) in [7, 11) is 0. The minimum atomic E-state index is -0.813. The van der Waals surface area contributed by atoms with Gasteiger partial charge in [0.15, 0.2) is 0 Å². The molecule has 0 fully saturated rings. The summed E-state index contributed by atoms with van der Waals surface area (Å²) in [4.78, 5) is 21.8. The molecule has 1 unspecified atom stereocenters. The van der Waals surface area contributed by atoms with Gasteiger partial charge >= 0.3 is 11.9 Å². The molecule has 0 aromatic heterocycles. The van der Waals surface area contributed by atoms with Crippen molar-refractivity contribution >= 4 is 11.9 Å². The molecule has 0 aliphatic heterocycles. The Labute approximate surface area is 109 Å². The first kappa shape index (κ1) is 16.9. The molecular formula is C14H26O4. The molecule has 0 saturated heterocycles. The maximum atomic E-state index is 11.4. The first-order valence-electron chi connectivity index (χ1n) is 6.81. The summed E-state index contributed by atoms with van der Waals surface area (Å²) < 4.78 is 0. The molecule has 0 bridgehead atoms. The highest BCUT2D eigenvalue weighted by Gasteiger charge is 2.34. The molecule has 18 heavy (non-hydrogen) atoms. The highest BCUT2D eigenvalue weighted by atomic mass is 16.4. The van der Waals surface area contributed by atoms with Crippen LogP contribution in [0.3, 0.4) is 0 Å². The molecule has 4 heteroatoms. The van der Waals surface area contributed by atoms with Gasteiger partial charge in [-0.2, -0.15) is 0 Å². The Morgan fingerprint density at radius 2 is 1.67 bits per heavy atom. The average molecular weight is 258 g/mol. The van der Waals surface area contributed by atoms with Crippen molar-refractivity contribution in [3.8, 4) is 0 Å². The second-order valence-electron chi connectivity index (χ2n) is 5.35. The predicted molar refractivity (Wildman–Crippen MR) is 70.5 cm³/mol. The fourth-order valence-corrected chi connectivity index (χ4v) is 2.30. The van der Waals surface area contributed by atoms with Crippen LogP contribution in [0.1, 0.15) is 65.7 Å².